The first-order chi connectivity index (χ1) is 10.3. The molecule has 0 saturated carbocycles. The normalized spacial score (nSPS) is 10.8. The Morgan fingerprint density at radius 1 is 1.00 bits per heavy atom. The summed E-state index contributed by atoms with van der Waals surface area (Å²) in [5.41, 5.74) is 3.20. The van der Waals surface area contributed by atoms with Gasteiger partial charge in [0.25, 0.3) is 0 Å². The van der Waals surface area contributed by atoms with E-state index >= 15 is 0 Å². The average molecular weight is 278 g/mol. The Morgan fingerprint density at radius 2 is 1.71 bits per heavy atom. The minimum absolute atomic E-state index is 0.0858. The highest BCUT2D eigenvalue weighted by atomic mass is 16.3. The van der Waals surface area contributed by atoms with E-state index in [2.05, 4.69) is 19.1 Å². The second-order valence-electron chi connectivity index (χ2n) is 5.03. The molecule has 0 spiro atoms. The van der Waals surface area contributed by atoms with Crippen molar-refractivity contribution in [1.29, 1.82) is 0 Å². The largest absolute Gasteiger partial charge is 0.395 e. The third-order valence-electron chi connectivity index (χ3n) is 3.58. The Labute approximate surface area is 124 Å². The molecular formula is C18H18N2O. The van der Waals surface area contributed by atoms with Crippen LogP contribution in [0, 0.1) is 6.92 Å². The molecule has 0 radical (unpaired) electrons. The summed E-state index contributed by atoms with van der Waals surface area (Å²) in [6, 6.07) is 20.2. The van der Waals surface area contributed by atoms with Gasteiger partial charge in [-0.1, -0.05) is 36.4 Å². The van der Waals surface area contributed by atoms with E-state index in [1.807, 2.05) is 53.4 Å². The van der Waals surface area contributed by atoms with Crippen molar-refractivity contribution < 1.29 is 5.11 Å². The van der Waals surface area contributed by atoms with Crippen LogP contribution in [0.25, 0.3) is 10.9 Å². The van der Waals surface area contributed by atoms with Crippen LogP contribution >= 0.6 is 0 Å². The first kappa shape index (κ1) is 13.6. The fourth-order valence-electron chi connectivity index (χ4n) is 2.55. The number of nitrogens with zero attached hydrogens (tertiary/aromatic N) is 2. The summed E-state index contributed by atoms with van der Waals surface area (Å²) in [6.45, 7) is 2.70. The molecule has 1 N–H and O–H groups in total. The number of hydrogen-bond donors (Lipinski definition) is 1. The fraction of sp³-hybridized carbons (Fsp3) is 0.167. The van der Waals surface area contributed by atoms with Crippen LogP contribution < -0.4 is 4.90 Å². The van der Waals surface area contributed by atoms with Crippen LogP contribution in [0.5, 0.6) is 0 Å². The molecule has 0 aliphatic heterocycles. The Kier molecular flexibility index (Phi) is 3.84. The molecule has 0 amide bonds. The van der Waals surface area contributed by atoms with E-state index in [4.69, 9.17) is 4.98 Å². The van der Waals surface area contributed by atoms with Gasteiger partial charge in [0.2, 0.25) is 0 Å². The van der Waals surface area contributed by atoms with Gasteiger partial charge < -0.3 is 10.0 Å². The van der Waals surface area contributed by atoms with Crippen LogP contribution in [0.1, 0.15) is 5.56 Å². The van der Waals surface area contributed by atoms with Crippen molar-refractivity contribution in [3.63, 3.8) is 0 Å². The van der Waals surface area contributed by atoms with E-state index in [9.17, 15) is 5.11 Å². The van der Waals surface area contributed by atoms with Crippen molar-refractivity contribution in [3.05, 3.63) is 66.2 Å². The van der Waals surface area contributed by atoms with Gasteiger partial charge in [0.05, 0.1) is 12.1 Å². The van der Waals surface area contributed by atoms with Crippen LogP contribution in [-0.4, -0.2) is 23.2 Å². The molecule has 21 heavy (non-hydrogen) atoms. The summed E-state index contributed by atoms with van der Waals surface area (Å²) >= 11 is 0. The maximum Gasteiger partial charge on any atom is 0.134 e. The van der Waals surface area contributed by atoms with E-state index < -0.39 is 0 Å². The first-order valence-corrected chi connectivity index (χ1v) is 7.09. The lowest BCUT2D eigenvalue weighted by atomic mass is 10.1. The fourth-order valence-corrected chi connectivity index (χ4v) is 2.55. The number of aromatic nitrogens is 1. The molecule has 0 aliphatic carbocycles. The second-order valence-corrected chi connectivity index (χ2v) is 5.03. The standard InChI is InChI=1S/C18H18N2O/c1-14-13-18(19-17-10-6-5-9-16(14)17)20(11-12-21)15-7-3-2-4-8-15/h2-10,13,21H,11-12H2,1H3. The zero-order valence-electron chi connectivity index (χ0n) is 12.0. The number of aliphatic hydroxyl groups is 1. The Bertz CT molecular complexity index is 741. The quantitative estimate of drug-likeness (QED) is 0.791. The van der Waals surface area contributed by atoms with E-state index in [1.54, 1.807) is 0 Å². The number of aryl methyl sites for hydroxylation is 1. The van der Waals surface area contributed by atoms with Gasteiger partial charge in [0.15, 0.2) is 0 Å². The van der Waals surface area contributed by atoms with Gasteiger partial charge in [-0.2, -0.15) is 0 Å². The minimum Gasteiger partial charge on any atom is -0.395 e. The molecule has 0 aliphatic rings. The van der Waals surface area contributed by atoms with Crippen LogP contribution in [0.15, 0.2) is 60.7 Å². The summed E-state index contributed by atoms with van der Waals surface area (Å²) in [6.07, 6.45) is 0. The molecule has 0 unspecified atom stereocenters. The van der Waals surface area contributed by atoms with Gasteiger partial charge in [-0.15, -0.1) is 0 Å². The summed E-state index contributed by atoms with van der Waals surface area (Å²) < 4.78 is 0. The minimum atomic E-state index is 0.0858. The molecule has 0 bridgehead atoms. The van der Waals surface area contributed by atoms with Crippen molar-refractivity contribution in [2.75, 3.05) is 18.1 Å². The van der Waals surface area contributed by atoms with Crippen LogP contribution in [0.4, 0.5) is 11.5 Å². The summed E-state index contributed by atoms with van der Waals surface area (Å²) in [4.78, 5) is 6.79. The van der Waals surface area contributed by atoms with Gasteiger partial charge in [0.1, 0.15) is 5.82 Å². The van der Waals surface area contributed by atoms with Crippen molar-refractivity contribution in [3.8, 4) is 0 Å². The molecule has 3 aromatic rings. The molecule has 3 nitrogen and oxygen atoms in total. The lowest BCUT2D eigenvalue weighted by Crippen LogP contribution is -2.22. The predicted molar refractivity (Wildman–Crippen MR) is 87.0 cm³/mol. The zero-order valence-corrected chi connectivity index (χ0v) is 12.0. The van der Waals surface area contributed by atoms with Gasteiger partial charge in [-0.3, -0.25) is 0 Å². The van der Waals surface area contributed by atoms with E-state index in [0.717, 1.165) is 17.0 Å². The molecular weight excluding hydrogens is 260 g/mol. The number of pyridine rings is 1. The average Bonchev–Trinajstić information content (AvgIpc) is 2.53. The highest BCUT2D eigenvalue weighted by Crippen LogP contribution is 2.27. The summed E-state index contributed by atoms with van der Waals surface area (Å²) in [7, 11) is 0. The van der Waals surface area contributed by atoms with Gasteiger partial charge in [-0.05, 0) is 36.8 Å². The van der Waals surface area contributed by atoms with Crippen molar-refractivity contribution in [2.24, 2.45) is 0 Å². The first-order valence-electron chi connectivity index (χ1n) is 7.09. The number of para-hydroxylation sites is 2. The molecule has 0 fully saturated rings. The molecule has 0 saturated heterocycles. The Hall–Kier alpha value is -2.39. The number of aliphatic hydroxyl groups excluding tert-OH is 1. The molecule has 0 atom stereocenters. The zero-order chi connectivity index (χ0) is 14.7. The SMILES string of the molecule is Cc1cc(N(CCO)c2ccccc2)nc2ccccc12. The number of rotatable bonds is 4. The predicted octanol–water partition coefficient (Wildman–Crippen LogP) is 3.67. The summed E-state index contributed by atoms with van der Waals surface area (Å²) in [5.74, 6) is 0.867. The third kappa shape index (κ3) is 2.73. The van der Waals surface area contributed by atoms with Gasteiger partial charge in [0, 0.05) is 17.6 Å². The van der Waals surface area contributed by atoms with Crippen molar-refractivity contribution >= 4 is 22.4 Å². The lowest BCUT2D eigenvalue weighted by Gasteiger charge is -2.23. The van der Waals surface area contributed by atoms with Crippen LogP contribution in [-0.2, 0) is 0 Å². The molecule has 3 heteroatoms. The van der Waals surface area contributed by atoms with Gasteiger partial charge in [-0.25, -0.2) is 4.98 Å². The van der Waals surface area contributed by atoms with E-state index in [1.165, 1.54) is 10.9 Å². The smallest absolute Gasteiger partial charge is 0.134 e. The lowest BCUT2D eigenvalue weighted by molar-refractivity contribution is 0.305. The summed E-state index contributed by atoms with van der Waals surface area (Å²) in [5, 5.41) is 10.5. The molecule has 1 heterocycles. The number of anilines is 2. The van der Waals surface area contributed by atoms with Crippen molar-refractivity contribution in [1.82, 2.24) is 4.98 Å². The number of fused-ring (bicyclic) bond motifs is 1. The molecule has 106 valence electrons. The molecule has 2 aromatic carbocycles. The maximum atomic E-state index is 9.37. The Balaban J connectivity index is 2.11. The monoisotopic (exact) mass is 278 g/mol. The van der Waals surface area contributed by atoms with Crippen LogP contribution in [0.2, 0.25) is 0 Å². The van der Waals surface area contributed by atoms with E-state index in [0.29, 0.717) is 6.54 Å². The molecule has 1 aromatic heterocycles. The maximum absolute atomic E-state index is 9.37. The van der Waals surface area contributed by atoms with E-state index in [-0.39, 0.29) is 6.61 Å². The van der Waals surface area contributed by atoms with Crippen molar-refractivity contribution in [2.45, 2.75) is 6.92 Å². The highest BCUT2D eigenvalue weighted by Gasteiger charge is 2.11. The number of benzene rings is 2. The topological polar surface area (TPSA) is 36.4 Å². The highest BCUT2D eigenvalue weighted by molar-refractivity contribution is 5.84. The third-order valence-corrected chi connectivity index (χ3v) is 3.58. The second kappa shape index (κ2) is 5.94. The van der Waals surface area contributed by atoms with Gasteiger partial charge >= 0.3 is 0 Å². The Morgan fingerprint density at radius 3 is 2.48 bits per heavy atom. The number of hydrogen-bond acceptors (Lipinski definition) is 3. The van der Waals surface area contributed by atoms with Crippen LogP contribution in [0.3, 0.4) is 0 Å². The molecule has 3 rings (SSSR count).